The molecule has 26 heavy (non-hydrogen) atoms. The molecule has 1 fully saturated rings. The molecule has 1 saturated heterocycles. The molecule has 0 spiro atoms. The lowest BCUT2D eigenvalue weighted by atomic mass is 10.0. The van der Waals surface area contributed by atoms with Gasteiger partial charge in [0.2, 0.25) is 5.91 Å². The summed E-state index contributed by atoms with van der Waals surface area (Å²) in [6.07, 6.45) is -0.00261. The summed E-state index contributed by atoms with van der Waals surface area (Å²) in [5, 5.41) is 2.83. The van der Waals surface area contributed by atoms with Crippen molar-refractivity contribution in [1.82, 2.24) is 10.2 Å². The molecule has 2 atom stereocenters. The molecule has 144 valence electrons. The first-order valence-corrected chi connectivity index (χ1v) is 9.20. The van der Waals surface area contributed by atoms with Gasteiger partial charge in [-0.25, -0.2) is 0 Å². The average molecular weight is 362 g/mol. The standard InChI is InChI=1S/C20H30N2O4/c1-14(2)22-9-10-25-18(12-22)13-26-20(24)11-19(21-16(4)23)17-7-5-15(3)6-8-17/h5-8,14,18-19H,9-13H2,1-4H3,(H,21,23). The molecule has 1 N–H and O–H groups in total. The van der Waals surface area contributed by atoms with Crippen LogP contribution < -0.4 is 5.32 Å². The van der Waals surface area contributed by atoms with Crippen LogP contribution in [-0.2, 0) is 19.1 Å². The number of hydrogen-bond acceptors (Lipinski definition) is 5. The first-order chi connectivity index (χ1) is 12.3. The average Bonchev–Trinajstić information content (AvgIpc) is 2.60. The third-order valence-electron chi connectivity index (χ3n) is 4.56. The minimum absolute atomic E-state index is 0.100. The van der Waals surface area contributed by atoms with Crippen molar-refractivity contribution < 1.29 is 19.1 Å². The van der Waals surface area contributed by atoms with Crippen LogP contribution in [0.2, 0.25) is 0 Å². The number of nitrogens with zero attached hydrogens (tertiary/aromatic N) is 1. The molecule has 1 amide bonds. The SMILES string of the molecule is CC(=O)NC(CC(=O)OCC1CN(C(C)C)CCO1)c1ccc(C)cc1. The fraction of sp³-hybridized carbons (Fsp3) is 0.600. The lowest BCUT2D eigenvalue weighted by molar-refractivity contribution is -0.151. The van der Waals surface area contributed by atoms with Crippen LogP contribution in [0.4, 0.5) is 0 Å². The van der Waals surface area contributed by atoms with E-state index in [9.17, 15) is 9.59 Å². The molecule has 1 aromatic rings. The van der Waals surface area contributed by atoms with Gasteiger partial charge >= 0.3 is 5.97 Å². The van der Waals surface area contributed by atoms with Gasteiger partial charge in [-0.2, -0.15) is 0 Å². The van der Waals surface area contributed by atoms with Gasteiger partial charge in [0.25, 0.3) is 0 Å². The molecule has 0 bridgehead atoms. The normalized spacial score (nSPS) is 19.2. The van der Waals surface area contributed by atoms with Crippen LogP contribution in [0.1, 0.15) is 44.4 Å². The van der Waals surface area contributed by atoms with Crippen molar-refractivity contribution in [2.24, 2.45) is 0 Å². The van der Waals surface area contributed by atoms with Crippen LogP contribution in [-0.4, -0.2) is 55.2 Å². The Hall–Kier alpha value is -1.92. The summed E-state index contributed by atoms with van der Waals surface area (Å²) in [5.41, 5.74) is 2.02. The second kappa shape index (κ2) is 9.69. The molecular formula is C20H30N2O4. The van der Waals surface area contributed by atoms with Crippen molar-refractivity contribution >= 4 is 11.9 Å². The van der Waals surface area contributed by atoms with E-state index in [1.165, 1.54) is 6.92 Å². The minimum atomic E-state index is -0.389. The van der Waals surface area contributed by atoms with Gasteiger partial charge in [0, 0.05) is 26.1 Å². The predicted molar refractivity (Wildman–Crippen MR) is 99.8 cm³/mol. The van der Waals surface area contributed by atoms with Gasteiger partial charge in [0.15, 0.2) is 0 Å². The zero-order valence-corrected chi connectivity index (χ0v) is 16.2. The Labute approximate surface area is 155 Å². The minimum Gasteiger partial charge on any atom is -0.463 e. The van der Waals surface area contributed by atoms with Crippen molar-refractivity contribution in [2.75, 3.05) is 26.3 Å². The molecule has 6 heteroatoms. The van der Waals surface area contributed by atoms with Crippen LogP contribution in [0, 0.1) is 6.92 Å². The Morgan fingerprint density at radius 3 is 2.62 bits per heavy atom. The van der Waals surface area contributed by atoms with Gasteiger partial charge in [-0.1, -0.05) is 29.8 Å². The number of aryl methyl sites for hydroxylation is 1. The van der Waals surface area contributed by atoms with Crippen molar-refractivity contribution in [3.05, 3.63) is 35.4 Å². The second-order valence-corrected chi connectivity index (χ2v) is 7.13. The summed E-state index contributed by atoms with van der Waals surface area (Å²) in [6, 6.07) is 7.84. The van der Waals surface area contributed by atoms with E-state index in [0.29, 0.717) is 12.6 Å². The first kappa shape index (κ1) is 20.4. The summed E-state index contributed by atoms with van der Waals surface area (Å²) in [4.78, 5) is 26.1. The van der Waals surface area contributed by atoms with Gasteiger partial charge in [0.05, 0.1) is 19.1 Å². The Kier molecular flexibility index (Phi) is 7.60. The monoisotopic (exact) mass is 362 g/mol. The van der Waals surface area contributed by atoms with Gasteiger partial charge in [0.1, 0.15) is 12.7 Å². The molecular weight excluding hydrogens is 332 g/mol. The van der Waals surface area contributed by atoms with E-state index in [1.54, 1.807) is 0 Å². The highest BCUT2D eigenvalue weighted by atomic mass is 16.6. The molecule has 0 aliphatic carbocycles. The number of amides is 1. The zero-order chi connectivity index (χ0) is 19.1. The smallest absolute Gasteiger partial charge is 0.308 e. The predicted octanol–water partition coefficient (Wildman–Crippen LogP) is 2.21. The highest BCUT2D eigenvalue weighted by Crippen LogP contribution is 2.19. The Balaban J connectivity index is 1.88. The summed E-state index contributed by atoms with van der Waals surface area (Å²) in [5.74, 6) is -0.513. The third-order valence-corrected chi connectivity index (χ3v) is 4.56. The summed E-state index contributed by atoms with van der Waals surface area (Å²) < 4.78 is 11.1. The summed E-state index contributed by atoms with van der Waals surface area (Å²) >= 11 is 0. The lowest BCUT2D eigenvalue weighted by Crippen LogP contribution is -2.47. The Morgan fingerprint density at radius 1 is 1.31 bits per heavy atom. The maximum absolute atomic E-state index is 12.3. The zero-order valence-electron chi connectivity index (χ0n) is 16.2. The molecule has 0 radical (unpaired) electrons. The number of hydrogen-bond donors (Lipinski definition) is 1. The number of esters is 1. The largest absolute Gasteiger partial charge is 0.463 e. The number of ether oxygens (including phenoxy) is 2. The quantitative estimate of drug-likeness (QED) is 0.753. The molecule has 2 unspecified atom stereocenters. The van der Waals surface area contributed by atoms with E-state index in [2.05, 4.69) is 24.1 Å². The Morgan fingerprint density at radius 2 is 2.00 bits per heavy atom. The highest BCUT2D eigenvalue weighted by molar-refractivity contribution is 5.76. The van der Waals surface area contributed by atoms with Crippen LogP contribution in [0.5, 0.6) is 0 Å². The molecule has 2 rings (SSSR count). The number of carbonyl (C=O) groups is 2. The first-order valence-electron chi connectivity index (χ1n) is 9.20. The van der Waals surface area contributed by atoms with Gasteiger partial charge < -0.3 is 14.8 Å². The number of rotatable bonds is 7. The maximum Gasteiger partial charge on any atom is 0.308 e. The molecule has 1 aromatic carbocycles. The summed E-state index contributed by atoms with van der Waals surface area (Å²) in [6.45, 7) is 10.3. The fourth-order valence-electron chi connectivity index (χ4n) is 3.02. The van der Waals surface area contributed by atoms with E-state index in [-0.39, 0.29) is 37.0 Å². The van der Waals surface area contributed by atoms with E-state index < -0.39 is 0 Å². The van der Waals surface area contributed by atoms with Crippen molar-refractivity contribution in [3.8, 4) is 0 Å². The highest BCUT2D eigenvalue weighted by Gasteiger charge is 2.24. The fourth-order valence-corrected chi connectivity index (χ4v) is 3.02. The van der Waals surface area contributed by atoms with E-state index in [1.807, 2.05) is 31.2 Å². The van der Waals surface area contributed by atoms with Gasteiger partial charge in [-0.15, -0.1) is 0 Å². The molecule has 0 aromatic heterocycles. The number of nitrogens with one attached hydrogen (secondary N) is 1. The Bertz CT molecular complexity index is 600. The second-order valence-electron chi connectivity index (χ2n) is 7.13. The molecule has 1 aliphatic heterocycles. The third kappa shape index (κ3) is 6.42. The molecule has 1 aliphatic rings. The lowest BCUT2D eigenvalue weighted by Gasteiger charge is -2.35. The van der Waals surface area contributed by atoms with E-state index in [4.69, 9.17) is 9.47 Å². The van der Waals surface area contributed by atoms with Crippen molar-refractivity contribution in [3.63, 3.8) is 0 Å². The van der Waals surface area contributed by atoms with Crippen LogP contribution in [0.25, 0.3) is 0 Å². The van der Waals surface area contributed by atoms with E-state index >= 15 is 0 Å². The number of carbonyl (C=O) groups excluding carboxylic acids is 2. The molecule has 1 heterocycles. The summed E-state index contributed by atoms with van der Waals surface area (Å²) in [7, 11) is 0. The number of morpholine rings is 1. The van der Waals surface area contributed by atoms with Crippen LogP contribution in [0.3, 0.4) is 0 Å². The van der Waals surface area contributed by atoms with Gasteiger partial charge in [-0.05, 0) is 26.3 Å². The van der Waals surface area contributed by atoms with Crippen LogP contribution in [0.15, 0.2) is 24.3 Å². The van der Waals surface area contributed by atoms with Crippen LogP contribution >= 0.6 is 0 Å². The van der Waals surface area contributed by atoms with Crippen molar-refractivity contribution in [2.45, 2.75) is 52.3 Å². The van der Waals surface area contributed by atoms with Gasteiger partial charge in [-0.3, -0.25) is 14.5 Å². The van der Waals surface area contributed by atoms with E-state index in [0.717, 1.165) is 24.2 Å². The maximum atomic E-state index is 12.3. The molecule has 6 nitrogen and oxygen atoms in total. The van der Waals surface area contributed by atoms with Crippen molar-refractivity contribution in [1.29, 1.82) is 0 Å². The molecule has 0 saturated carbocycles. The number of benzene rings is 1. The topological polar surface area (TPSA) is 67.9 Å².